The van der Waals surface area contributed by atoms with Gasteiger partial charge in [0.15, 0.2) is 0 Å². The molecule has 0 atom stereocenters. The minimum Gasteiger partial charge on any atom is -0.352 e. The van der Waals surface area contributed by atoms with Gasteiger partial charge in [0.25, 0.3) is 0 Å². The topological polar surface area (TPSA) is 91.8 Å². The predicted molar refractivity (Wildman–Crippen MR) is 131 cm³/mol. The smallest absolute Gasteiger partial charge is 0.228 e. The van der Waals surface area contributed by atoms with Gasteiger partial charge in [-0.1, -0.05) is 54.6 Å². The Kier molecular flexibility index (Phi) is 8.01. The van der Waals surface area contributed by atoms with Crippen molar-refractivity contribution in [1.29, 1.82) is 0 Å². The van der Waals surface area contributed by atoms with Crippen molar-refractivity contribution in [3.8, 4) is 0 Å². The number of anilines is 2. The maximum Gasteiger partial charge on any atom is 0.228 e. The molecule has 8 heteroatoms. The highest BCUT2D eigenvalue weighted by molar-refractivity contribution is 5.78. The Morgan fingerprint density at radius 2 is 1.56 bits per heavy atom. The molecule has 4 rings (SSSR count). The van der Waals surface area contributed by atoms with Crippen LogP contribution in [0, 0.1) is 12.8 Å². The monoisotopic (exact) mass is 462 g/mol. The molecule has 0 spiro atoms. The SMILES string of the molecule is Cc1nc(NCc2ccccc2)nc(N[C@H]2CC[C@@H](C(=O)NCc3ccccc3CF)CC2)n1. The van der Waals surface area contributed by atoms with Crippen LogP contribution in [0.25, 0.3) is 0 Å². The van der Waals surface area contributed by atoms with E-state index in [-0.39, 0.29) is 17.9 Å². The summed E-state index contributed by atoms with van der Waals surface area (Å²) in [4.78, 5) is 26.0. The molecule has 1 heterocycles. The van der Waals surface area contributed by atoms with Crippen LogP contribution in [-0.4, -0.2) is 26.9 Å². The molecular weight excluding hydrogens is 431 g/mol. The van der Waals surface area contributed by atoms with Crippen molar-refractivity contribution in [3.05, 3.63) is 77.1 Å². The Labute approximate surface area is 199 Å². The maximum absolute atomic E-state index is 13.1. The second-order valence-electron chi connectivity index (χ2n) is 8.68. The Bertz CT molecular complexity index is 1090. The van der Waals surface area contributed by atoms with Gasteiger partial charge >= 0.3 is 0 Å². The van der Waals surface area contributed by atoms with Gasteiger partial charge in [-0.2, -0.15) is 15.0 Å². The van der Waals surface area contributed by atoms with E-state index in [1.54, 1.807) is 6.07 Å². The molecule has 1 saturated carbocycles. The van der Waals surface area contributed by atoms with Crippen molar-refractivity contribution < 1.29 is 9.18 Å². The summed E-state index contributed by atoms with van der Waals surface area (Å²) in [6, 6.07) is 17.6. The highest BCUT2D eigenvalue weighted by Crippen LogP contribution is 2.26. The van der Waals surface area contributed by atoms with Crippen molar-refractivity contribution in [1.82, 2.24) is 20.3 Å². The Morgan fingerprint density at radius 1 is 0.882 bits per heavy atom. The van der Waals surface area contributed by atoms with Gasteiger partial charge in [-0.15, -0.1) is 0 Å². The van der Waals surface area contributed by atoms with Gasteiger partial charge in [0.05, 0.1) is 0 Å². The van der Waals surface area contributed by atoms with Crippen LogP contribution in [0.3, 0.4) is 0 Å². The first kappa shape index (κ1) is 23.6. The number of hydrogen-bond acceptors (Lipinski definition) is 6. The fraction of sp³-hybridized carbons (Fsp3) is 0.385. The summed E-state index contributed by atoms with van der Waals surface area (Å²) in [6.07, 6.45) is 3.29. The van der Waals surface area contributed by atoms with Crippen LogP contribution in [0.1, 0.15) is 48.2 Å². The number of amides is 1. The molecule has 178 valence electrons. The van der Waals surface area contributed by atoms with E-state index in [1.807, 2.05) is 43.3 Å². The molecule has 0 saturated heterocycles. The van der Waals surface area contributed by atoms with Gasteiger partial charge in [-0.05, 0) is 49.3 Å². The molecular formula is C26H31FN6O. The summed E-state index contributed by atoms with van der Waals surface area (Å²) in [5, 5.41) is 9.66. The van der Waals surface area contributed by atoms with Crippen LogP contribution in [0.15, 0.2) is 54.6 Å². The van der Waals surface area contributed by atoms with Crippen molar-refractivity contribution >= 4 is 17.8 Å². The number of aryl methyl sites for hydroxylation is 1. The number of nitrogens with zero attached hydrogens (tertiary/aromatic N) is 3. The fourth-order valence-corrected chi connectivity index (χ4v) is 4.27. The molecule has 1 amide bonds. The van der Waals surface area contributed by atoms with Crippen LogP contribution in [0.2, 0.25) is 0 Å². The summed E-state index contributed by atoms with van der Waals surface area (Å²) >= 11 is 0. The molecule has 7 nitrogen and oxygen atoms in total. The largest absolute Gasteiger partial charge is 0.352 e. The van der Waals surface area contributed by atoms with Crippen molar-refractivity contribution in [2.45, 2.75) is 58.4 Å². The highest BCUT2D eigenvalue weighted by Gasteiger charge is 2.26. The minimum atomic E-state index is -0.525. The average Bonchev–Trinajstić information content (AvgIpc) is 2.87. The van der Waals surface area contributed by atoms with E-state index in [0.717, 1.165) is 36.8 Å². The minimum absolute atomic E-state index is 0.0289. The molecule has 0 unspecified atom stereocenters. The van der Waals surface area contributed by atoms with Gasteiger partial charge < -0.3 is 16.0 Å². The van der Waals surface area contributed by atoms with Crippen LogP contribution in [0.4, 0.5) is 16.3 Å². The molecule has 3 aromatic rings. The standard InChI is InChI=1S/C26H31FN6O/c1-18-30-25(29-16-19-7-3-2-4-8-19)33-26(31-18)32-23-13-11-20(12-14-23)24(34)28-17-22-10-6-5-9-21(22)15-27/h2-10,20,23H,11-17H2,1H3,(H,28,34)(H2,29,30,31,32,33)/t20-,23+. The number of nitrogens with one attached hydrogen (secondary N) is 3. The molecule has 3 N–H and O–H groups in total. The molecule has 1 aromatic heterocycles. The third-order valence-corrected chi connectivity index (χ3v) is 6.19. The Balaban J connectivity index is 1.25. The second kappa shape index (κ2) is 11.5. The van der Waals surface area contributed by atoms with Crippen LogP contribution < -0.4 is 16.0 Å². The summed E-state index contributed by atoms with van der Waals surface area (Å²) in [6.45, 7) is 2.32. The first-order chi connectivity index (χ1) is 16.6. The summed E-state index contributed by atoms with van der Waals surface area (Å²) < 4.78 is 13.1. The van der Waals surface area contributed by atoms with Crippen LogP contribution in [-0.2, 0) is 24.6 Å². The van der Waals surface area contributed by atoms with Gasteiger partial charge in [-0.3, -0.25) is 4.79 Å². The van der Waals surface area contributed by atoms with E-state index in [0.29, 0.717) is 36.4 Å². The maximum atomic E-state index is 13.1. The summed E-state index contributed by atoms with van der Waals surface area (Å²) in [5.41, 5.74) is 2.61. The molecule has 0 aliphatic heterocycles. The van der Waals surface area contributed by atoms with Gasteiger partial charge in [-0.25, -0.2) is 4.39 Å². The zero-order chi connectivity index (χ0) is 23.8. The van der Waals surface area contributed by atoms with Crippen LogP contribution in [0.5, 0.6) is 0 Å². The summed E-state index contributed by atoms with van der Waals surface area (Å²) in [5.74, 6) is 1.75. The van der Waals surface area contributed by atoms with E-state index in [4.69, 9.17) is 0 Å². The zero-order valence-corrected chi connectivity index (χ0v) is 19.4. The molecule has 2 aromatic carbocycles. The van der Waals surface area contributed by atoms with Gasteiger partial charge in [0.1, 0.15) is 12.5 Å². The number of carbonyl (C=O) groups is 1. The second-order valence-corrected chi connectivity index (χ2v) is 8.68. The van der Waals surface area contributed by atoms with Crippen molar-refractivity contribution in [2.75, 3.05) is 10.6 Å². The first-order valence-electron chi connectivity index (χ1n) is 11.8. The van der Waals surface area contributed by atoms with E-state index in [9.17, 15) is 9.18 Å². The third kappa shape index (κ3) is 6.50. The first-order valence-corrected chi connectivity index (χ1v) is 11.8. The van der Waals surface area contributed by atoms with Gasteiger partial charge in [0, 0.05) is 25.0 Å². The molecule has 34 heavy (non-hydrogen) atoms. The van der Waals surface area contributed by atoms with E-state index in [2.05, 4.69) is 43.0 Å². The predicted octanol–water partition coefficient (Wildman–Crippen LogP) is 4.55. The lowest BCUT2D eigenvalue weighted by atomic mass is 9.85. The van der Waals surface area contributed by atoms with Crippen molar-refractivity contribution in [3.63, 3.8) is 0 Å². The number of alkyl halides is 1. The van der Waals surface area contributed by atoms with Crippen molar-refractivity contribution in [2.24, 2.45) is 5.92 Å². The number of hydrogen-bond donors (Lipinski definition) is 3. The molecule has 1 aliphatic rings. The van der Waals surface area contributed by atoms with E-state index < -0.39 is 6.67 Å². The number of benzene rings is 2. The average molecular weight is 463 g/mol. The fourth-order valence-electron chi connectivity index (χ4n) is 4.27. The van der Waals surface area contributed by atoms with Crippen LogP contribution >= 0.6 is 0 Å². The Hall–Kier alpha value is -3.55. The third-order valence-electron chi connectivity index (χ3n) is 6.19. The molecule has 0 radical (unpaired) electrons. The lowest BCUT2D eigenvalue weighted by molar-refractivity contribution is -0.126. The number of rotatable bonds is 9. The van der Waals surface area contributed by atoms with Gasteiger partial charge in [0.2, 0.25) is 17.8 Å². The molecule has 1 aliphatic carbocycles. The molecule has 1 fully saturated rings. The highest BCUT2D eigenvalue weighted by atomic mass is 19.1. The van der Waals surface area contributed by atoms with E-state index in [1.165, 1.54) is 0 Å². The summed E-state index contributed by atoms with van der Waals surface area (Å²) in [7, 11) is 0. The quantitative estimate of drug-likeness (QED) is 0.432. The number of carbonyl (C=O) groups excluding carboxylic acids is 1. The zero-order valence-electron chi connectivity index (χ0n) is 19.4. The Morgan fingerprint density at radius 3 is 2.29 bits per heavy atom. The lowest BCUT2D eigenvalue weighted by Crippen LogP contribution is -2.36. The molecule has 0 bridgehead atoms. The lowest BCUT2D eigenvalue weighted by Gasteiger charge is -2.28. The normalized spacial score (nSPS) is 17.7. The number of aromatic nitrogens is 3. The van der Waals surface area contributed by atoms with E-state index >= 15 is 0 Å². The number of halogens is 1.